The molecule has 0 spiro atoms. The summed E-state index contributed by atoms with van der Waals surface area (Å²) in [5, 5.41) is 9.33. The Morgan fingerprint density at radius 1 is 0.811 bits per heavy atom. The number of methoxy groups -OCH3 is 3. The Morgan fingerprint density at radius 2 is 1.24 bits per heavy atom. The predicted octanol–water partition coefficient (Wildman–Crippen LogP) is 4.96. The molecule has 1 saturated heterocycles. The number of carboxylic acids is 1. The number of ether oxygens (including phenoxy) is 4. The molecule has 1 N–H and O–H groups in total. The predicted molar refractivity (Wildman–Crippen MR) is 142 cm³/mol. The molecule has 0 radical (unpaired) electrons. The minimum Gasteiger partial charge on any atom is -0.497 e. The lowest BCUT2D eigenvalue weighted by atomic mass is 9.80. The molecular formula is C30H35NO6. The monoisotopic (exact) mass is 505 g/mol. The molecule has 0 unspecified atom stereocenters. The minimum atomic E-state index is -0.924. The van der Waals surface area contributed by atoms with Crippen LogP contribution in [0.5, 0.6) is 17.2 Å². The van der Waals surface area contributed by atoms with Gasteiger partial charge in [0.05, 0.1) is 34.4 Å². The van der Waals surface area contributed by atoms with Crippen molar-refractivity contribution in [2.45, 2.75) is 30.9 Å². The highest BCUT2D eigenvalue weighted by Gasteiger charge is 2.38. The van der Waals surface area contributed by atoms with E-state index in [1.165, 1.54) is 0 Å². The summed E-state index contributed by atoms with van der Waals surface area (Å²) in [6, 6.07) is 23.8. The van der Waals surface area contributed by atoms with Gasteiger partial charge in [-0.3, -0.25) is 9.69 Å². The molecule has 1 aliphatic heterocycles. The summed E-state index contributed by atoms with van der Waals surface area (Å²) < 4.78 is 23.2. The summed E-state index contributed by atoms with van der Waals surface area (Å²) in [6.07, 6.45) is 2.05. The Balaban J connectivity index is 1.75. The lowest BCUT2D eigenvalue weighted by Gasteiger charge is -2.37. The first-order valence-electron chi connectivity index (χ1n) is 12.5. The molecule has 196 valence electrons. The van der Waals surface area contributed by atoms with Crippen LogP contribution < -0.4 is 14.2 Å². The summed E-state index contributed by atoms with van der Waals surface area (Å²) in [6.45, 7) is 1.93. The molecule has 0 bridgehead atoms. The zero-order valence-electron chi connectivity index (χ0n) is 21.7. The highest BCUT2D eigenvalue weighted by molar-refractivity contribution is 5.67. The van der Waals surface area contributed by atoms with Gasteiger partial charge in [0.15, 0.2) is 0 Å². The number of aliphatic carboxylic acids is 1. The van der Waals surface area contributed by atoms with Crippen molar-refractivity contribution in [3.05, 3.63) is 89.5 Å². The van der Waals surface area contributed by atoms with Gasteiger partial charge >= 0.3 is 5.97 Å². The van der Waals surface area contributed by atoms with Crippen molar-refractivity contribution in [1.29, 1.82) is 0 Å². The topological polar surface area (TPSA) is 77.5 Å². The smallest absolute Gasteiger partial charge is 0.304 e. The van der Waals surface area contributed by atoms with Crippen molar-refractivity contribution in [3.8, 4) is 17.2 Å². The van der Waals surface area contributed by atoms with E-state index in [4.69, 9.17) is 18.9 Å². The van der Waals surface area contributed by atoms with Crippen molar-refractivity contribution in [2.24, 2.45) is 0 Å². The Kier molecular flexibility index (Phi) is 8.69. The molecule has 0 aromatic heterocycles. The van der Waals surface area contributed by atoms with Gasteiger partial charge in [0.1, 0.15) is 22.8 Å². The third kappa shape index (κ3) is 5.89. The van der Waals surface area contributed by atoms with E-state index in [1.807, 2.05) is 72.8 Å². The van der Waals surface area contributed by atoms with Crippen LogP contribution in [0.1, 0.15) is 36.0 Å². The maximum Gasteiger partial charge on any atom is 0.304 e. The Morgan fingerprint density at radius 3 is 1.62 bits per heavy atom. The van der Waals surface area contributed by atoms with Crippen LogP contribution in [-0.4, -0.2) is 63.0 Å². The van der Waals surface area contributed by atoms with Gasteiger partial charge in [0, 0.05) is 12.6 Å². The van der Waals surface area contributed by atoms with Gasteiger partial charge in [-0.05, 0) is 72.5 Å². The van der Waals surface area contributed by atoms with Crippen molar-refractivity contribution >= 4 is 5.97 Å². The normalized spacial score (nSPS) is 15.9. The number of benzene rings is 3. The Labute approximate surface area is 218 Å². The van der Waals surface area contributed by atoms with E-state index in [1.54, 1.807) is 21.3 Å². The van der Waals surface area contributed by atoms with Gasteiger partial charge in [-0.25, -0.2) is 0 Å². The molecule has 4 rings (SSSR count). The number of likely N-dealkylation sites (tertiary alicyclic amines) is 1. The molecule has 1 atom stereocenters. The van der Waals surface area contributed by atoms with Gasteiger partial charge in [-0.2, -0.15) is 0 Å². The molecule has 7 heteroatoms. The second-order valence-corrected chi connectivity index (χ2v) is 9.15. The van der Waals surface area contributed by atoms with Crippen molar-refractivity contribution in [3.63, 3.8) is 0 Å². The SMILES string of the molecule is COc1ccc(C(OCCN2CCC[C@H]2CC(=O)O)(c2ccc(OC)cc2)c2ccc(OC)cc2)cc1. The second kappa shape index (κ2) is 12.1. The molecular weight excluding hydrogens is 470 g/mol. The fourth-order valence-electron chi connectivity index (χ4n) is 5.17. The van der Waals surface area contributed by atoms with Crippen LogP contribution in [0, 0.1) is 0 Å². The van der Waals surface area contributed by atoms with Crippen LogP contribution in [0.4, 0.5) is 0 Å². The minimum absolute atomic E-state index is 0.0402. The summed E-state index contributed by atoms with van der Waals surface area (Å²) in [4.78, 5) is 13.6. The molecule has 7 nitrogen and oxygen atoms in total. The standard InChI is InChI=1S/C30H35NO6/c1-34-26-12-6-22(7-13-26)30(23-8-14-27(35-2)15-9-23,24-10-16-28(36-3)17-11-24)37-20-19-31-18-4-5-25(31)21-29(32)33/h6-17,25H,4-5,18-21H2,1-3H3,(H,32,33)/t25-/m0/s1. The maximum absolute atomic E-state index is 11.4. The van der Waals surface area contributed by atoms with E-state index >= 15 is 0 Å². The third-order valence-corrected chi connectivity index (χ3v) is 7.10. The number of carbonyl (C=O) groups is 1. The molecule has 0 amide bonds. The average molecular weight is 506 g/mol. The van der Waals surface area contributed by atoms with Crippen molar-refractivity contribution in [1.82, 2.24) is 4.90 Å². The van der Waals surface area contributed by atoms with Crippen LogP contribution in [0.25, 0.3) is 0 Å². The molecule has 0 aliphatic carbocycles. The summed E-state index contributed by atoms with van der Waals surface area (Å²) >= 11 is 0. The molecule has 1 fully saturated rings. The quantitative estimate of drug-likeness (QED) is 0.349. The van der Waals surface area contributed by atoms with Gasteiger partial charge in [0.25, 0.3) is 0 Å². The van der Waals surface area contributed by atoms with Crippen molar-refractivity contribution in [2.75, 3.05) is 41.0 Å². The second-order valence-electron chi connectivity index (χ2n) is 9.15. The first kappa shape index (κ1) is 26.5. The van der Waals surface area contributed by atoms with Crippen LogP contribution in [0.3, 0.4) is 0 Å². The highest BCUT2D eigenvalue weighted by Crippen LogP contribution is 2.42. The Bertz CT molecular complexity index is 1030. The average Bonchev–Trinajstić information content (AvgIpc) is 3.37. The molecule has 3 aromatic carbocycles. The molecule has 0 saturated carbocycles. The first-order chi connectivity index (χ1) is 18.0. The van der Waals surface area contributed by atoms with E-state index in [9.17, 15) is 9.90 Å². The summed E-state index contributed by atoms with van der Waals surface area (Å²) in [5.74, 6) is 1.52. The largest absolute Gasteiger partial charge is 0.497 e. The fourth-order valence-corrected chi connectivity index (χ4v) is 5.17. The zero-order chi connectivity index (χ0) is 26.3. The van der Waals surface area contributed by atoms with E-state index < -0.39 is 11.6 Å². The number of carboxylic acid groups (broad SMARTS) is 1. The lowest BCUT2D eigenvalue weighted by molar-refractivity contribution is -0.138. The van der Waals surface area contributed by atoms with Crippen LogP contribution in [-0.2, 0) is 15.1 Å². The van der Waals surface area contributed by atoms with Crippen LogP contribution in [0.15, 0.2) is 72.8 Å². The van der Waals surface area contributed by atoms with Gasteiger partial charge < -0.3 is 24.1 Å². The summed E-state index contributed by atoms with van der Waals surface area (Å²) in [5.41, 5.74) is 1.93. The molecule has 1 heterocycles. The first-order valence-corrected chi connectivity index (χ1v) is 12.5. The lowest BCUT2D eigenvalue weighted by Crippen LogP contribution is -2.38. The van der Waals surface area contributed by atoms with E-state index in [0.29, 0.717) is 13.2 Å². The molecule has 3 aromatic rings. The van der Waals surface area contributed by atoms with Gasteiger partial charge in [0.2, 0.25) is 0 Å². The van der Waals surface area contributed by atoms with E-state index in [-0.39, 0.29) is 12.5 Å². The number of hydrogen-bond donors (Lipinski definition) is 1. The Hall–Kier alpha value is -3.55. The molecule has 1 aliphatic rings. The number of nitrogens with zero attached hydrogens (tertiary/aromatic N) is 1. The van der Waals surface area contributed by atoms with Gasteiger partial charge in [-0.1, -0.05) is 36.4 Å². The van der Waals surface area contributed by atoms with Gasteiger partial charge in [-0.15, -0.1) is 0 Å². The number of rotatable bonds is 12. The van der Waals surface area contributed by atoms with Crippen LogP contribution in [0.2, 0.25) is 0 Å². The zero-order valence-corrected chi connectivity index (χ0v) is 21.7. The van der Waals surface area contributed by atoms with Crippen LogP contribution >= 0.6 is 0 Å². The number of hydrogen-bond acceptors (Lipinski definition) is 6. The highest BCUT2D eigenvalue weighted by atomic mass is 16.5. The summed E-state index contributed by atoms with van der Waals surface area (Å²) in [7, 11) is 4.94. The fraction of sp³-hybridized carbons (Fsp3) is 0.367. The van der Waals surface area contributed by atoms with E-state index in [0.717, 1.165) is 53.3 Å². The third-order valence-electron chi connectivity index (χ3n) is 7.10. The van der Waals surface area contributed by atoms with Crippen molar-refractivity contribution < 1.29 is 28.8 Å². The maximum atomic E-state index is 11.4. The molecule has 37 heavy (non-hydrogen) atoms. The van der Waals surface area contributed by atoms with E-state index in [2.05, 4.69) is 4.90 Å².